The molecule has 12 heavy (non-hydrogen) atoms. The van der Waals surface area contributed by atoms with Crippen molar-refractivity contribution in [2.75, 3.05) is 0 Å². The summed E-state index contributed by atoms with van der Waals surface area (Å²) in [4.78, 5) is 0. The van der Waals surface area contributed by atoms with Crippen molar-refractivity contribution in [3.05, 3.63) is 0 Å². The van der Waals surface area contributed by atoms with Crippen LogP contribution in [0, 0.1) is 0 Å². The molecule has 0 saturated heterocycles. The van der Waals surface area contributed by atoms with Crippen LogP contribution < -0.4 is 24.0 Å². The molecule has 0 fully saturated rings. The van der Waals surface area contributed by atoms with Gasteiger partial charge >= 0.3 is 65.7 Å². The van der Waals surface area contributed by atoms with Crippen molar-refractivity contribution in [2.45, 2.75) is 16.6 Å². The Morgan fingerprint density at radius 3 is 1.00 bits per heavy atom. The second-order valence-electron chi connectivity index (χ2n) is 1.78. The molecule has 0 aliphatic heterocycles. The van der Waals surface area contributed by atoms with E-state index in [9.17, 15) is 30.7 Å². The molecule has 0 saturated carbocycles. The van der Waals surface area contributed by atoms with E-state index in [1.165, 1.54) is 0 Å². The Hall–Kier alpha value is 0.863. The largest absolute Gasteiger partial charge is 1.00 e. The van der Waals surface area contributed by atoms with E-state index in [1.807, 2.05) is 0 Å². The zero-order valence-electron chi connectivity index (χ0n) is 5.23. The van der Waals surface area contributed by atoms with Gasteiger partial charge < -0.3 is 24.0 Å². The predicted octanol–water partition coefficient (Wildman–Crippen LogP) is -0.672. The SMILES string of the molecule is FC(F)(F)C(F)(F)[C](F)(F)[Zn+].[I-]. The number of halogens is 8. The van der Waals surface area contributed by atoms with Gasteiger partial charge in [-0.1, -0.05) is 0 Å². The maximum Gasteiger partial charge on any atom is -1.00 e. The molecule has 0 heterocycles. The first kappa shape index (κ1) is 15.3. The van der Waals surface area contributed by atoms with Crippen LogP contribution in [-0.4, -0.2) is 16.6 Å². The van der Waals surface area contributed by atoms with Crippen LogP contribution in [0.15, 0.2) is 0 Å². The van der Waals surface area contributed by atoms with Gasteiger partial charge in [-0.3, -0.25) is 0 Å². The zero-order chi connectivity index (χ0) is 9.50. The van der Waals surface area contributed by atoms with Gasteiger partial charge in [-0.05, 0) is 0 Å². The third-order valence-corrected chi connectivity index (χ3v) is 1.75. The summed E-state index contributed by atoms with van der Waals surface area (Å²) in [6.45, 7) is 0. The smallest absolute Gasteiger partial charge is 1.00 e. The molecule has 70 valence electrons. The van der Waals surface area contributed by atoms with Gasteiger partial charge in [-0.25, -0.2) is 0 Å². The van der Waals surface area contributed by atoms with Gasteiger partial charge in [0.05, 0.1) is 0 Å². The molecule has 0 bridgehead atoms. The topological polar surface area (TPSA) is 0 Å². The molecule has 0 aliphatic rings. The van der Waals surface area contributed by atoms with E-state index >= 15 is 0 Å². The van der Waals surface area contributed by atoms with E-state index in [-0.39, 0.29) is 24.0 Å². The summed E-state index contributed by atoms with van der Waals surface area (Å²) in [5.74, 6) is -5.90. The minimum Gasteiger partial charge on any atom is -1.00 e. The van der Waals surface area contributed by atoms with Crippen molar-refractivity contribution in [1.29, 1.82) is 0 Å². The van der Waals surface area contributed by atoms with Crippen LogP contribution in [0.4, 0.5) is 30.7 Å². The third-order valence-electron chi connectivity index (χ3n) is 0.815. The number of hydrogen-bond acceptors (Lipinski definition) is 0. The second kappa shape index (κ2) is 3.93. The standard InChI is InChI=1S/C3F7.HI.Zn/c4-1(5)2(6,7)3(8,9)10;;/h;1H;/q;;+1/p-1. The average Bonchev–Trinajstić information content (AvgIpc) is 1.58. The predicted molar refractivity (Wildman–Crippen MR) is 15.9 cm³/mol. The number of hydrogen-bond donors (Lipinski definition) is 0. The third kappa shape index (κ3) is 2.97. The molecule has 0 aromatic rings. The summed E-state index contributed by atoms with van der Waals surface area (Å²) in [6, 6.07) is 0. The summed E-state index contributed by atoms with van der Waals surface area (Å²) in [5, 5.41) is 0. The molecule has 0 atom stereocenters. The molecule has 0 nitrogen and oxygen atoms in total. The van der Waals surface area contributed by atoms with Gasteiger partial charge in [-0.15, -0.1) is 0 Å². The van der Waals surface area contributed by atoms with Gasteiger partial charge in [0.1, 0.15) is 0 Å². The maximum absolute atomic E-state index is 11.6. The average molecular weight is 361 g/mol. The fourth-order valence-corrected chi connectivity index (χ4v) is 0.628. The fraction of sp³-hybridized carbons (Fsp3) is 1.00. The van der Waals surface area contributed by atoms with E-state index in [0.717, 1.165) is 0 Å². The summed E-state index contributed by atoms with van der Waals surface area (Å²) in [7, 11) is 0. The molecule has 0 spiro atoms. The fourth-order valence-electron chi connectivity index (χ4n) is 0.207. The molecule has 9 heteroatoms. The van der Waals surface area contributed by atoms with Crippen molar-refractivity contribution in [3.8, 4) is 0 Å². The maximum atomic E-state index is 11.6. The quantitative estimate of drug-likeness (QED) is 0.330. The normalized spacial score (nSPS) is 14.1. The number of alkyl halides is 7. The minimum absolute atomic E-state index is 0. The Balaban J connectivity index is 0. The molecule has 0 unspecified atom stereocenters. The first-order valence-corrected chi connectivity index (χ1v) is 3.66. The van der Waals surface area contributed by atoms with E-state index in [1.54, 1.807) is 0 Å². The number of rotatable bonds is 1. The monoisotopic (exact) mass is 360 g/mol. The van der Waals surface area contributed by atoms with Crippen molar-refractivity contribution in [1.82, 2.24) is 0 Å². The van der Waals surface area contributed by atoms with Gasteiger partial charge in [0.25, 0.3) is 0 Å². The van der Waals surface area contributed by atoms with Crippen LogP contribution in [0.3, 0.4) is 0 Å². The Labute approximate surface area is 89.6 Å². The van der Waals surface area contributed by atoms with Gasteiger partial charge in [0.2, 0.25) is 0 Å². The summed E-state index contributed by atoms with van der Waals surface area (Å²) in [6.07, 6.45) is -6.17. The molecule has 0 aromatic carbocycles. The molecule has 0 radical (unpaired) electrons. The van der Waals surface area contributed by atoms with Crippen molar-refractivity contribution >= 4 is 0 Å². The van der Waals surface area contributed by atoms with Crippen molar-refractivity contribution in [2.24, 2.45) is 0 Å². The van der Waals surface area contributed by atoms with Crippen molar-refractivity contribution in [3.63, 3.8) is 0 Å². The molecule has 0 aromatic heterocycles. The van der Waals surface area contributed by atoms with Crippen LogP contribution in [0.1, 0.15) is 0 Å². The summed E-state index contributed by atoms with van der Waals surface area (Å²) in [5.41, 5.74) is 0. The summed E-state index contributed by atoms with van der Waals surface area (Å²) >= 11 is -1.43. The molecule has 0 aliphatic carbocycles. The van der Waals surface area contributed by atoms with Crippen LogP contribution in [0.5, 0.6) is 0 Å². The van der Waals surface area contributed by atoms with Gasteiger partial charge in [-0.2, -0.15) is 0 Å². The first-order valence-electron chi connectivity index (χ1n) is 2.18. The van der Waals surface area contributed by atoms with Crippen LogP contribution in [0.25, 0.3) is 0 Å². The Morgan fingerprint density at radius 2 is 1.00 bits per heavy atom. The first-order chi connectivity index (χ1) is 4.50. The molecular formula is C3F7IZn. The Morgan fingerprint density at radius 1 is 0.750 bits per heavy atom. The second-order valence-corrected chi connectivity index (χ2v) is 3.64. The zero-order valence-corrected chi connectivity index (χ0v) is 10.4. The Kier molecular flexibility index (Phi) is 5.03. The van der Waals surface area contributed by atoms with E-state index in [0.29, 0.717) is 0 Å². The minimum atomic E-state index is -6.17. The van der Waals surface area contributed by atoms with Crippen molar-refractivity contribution < 1.29 is 73.0 Å². The van der Waals surface area contributed by atoms with E-state index in [2.05, 4.69) is 0 Å². The van der Waals surface area contributed by atoms with Crippen LogP contribution >= 0.6 is 0 Å². The van der Waals surface area contributed by atoms with E-state index in [4.69, 9.17) is 0 Å². The van der Waals surface area contributed by atoms with Gasteiger partial charge in [0, 0.05) is 0 Å². The van der Waals surface area contributed by atoms with E-state index < -0.39 is 34.9 Å². The van der Waals surface area contributed by atoms with Gasteiger partial charge in [0.15, 0.2) is 0 Å². The summed E-state index contributed by atoms with van der Waals surface area (Å²) < 4.78 is 74.8. The Bertz CT molecular complexity index is 130. The van der Waals surface area contributed by atoms with Crippen LogP contribution in [0.2, 0.25) is 0 Å². The molecule has 0 amide bonds. The molecular weight excluding hydrogens is 361 g/mol. The molecule has 0 rings (SSSR count). The molecule has 0 N–H and O–H groups in total. The van der Waals surface area contributed by atoms with Crippen LogP contribution in [-0.2, 0) is 18.3 Å².